The standard InChI is InChI=1S/C16H27NO2S/c1-4-17-16(10-7-13-20(3,18)19)12-11-15-9-6-5-8-14(15)2/h5-6,8-9,16-17H,4,7,10-13H2,1-3H3. The van der Waals surface area contributed by atoms with Crippen molar-refractivity contribution in [2.45, 2.75) is 45.6 Å². The Morgan fingerprint density at radius 3 is 2.50 bits per heavy atom. The van der Waals surface area contributed by atoms with Crippen molar-refractivity contribution in [1.29, 1.82) is 0 Å². The molecule has 0 aliphatic rings. The molecule has 0 saturated heterocycles. The molecular weight excluding hydrogens is 270 g/mol. The van der Waals surface area contributed by atoms with E-state index in [-0.39, 0.29) is 0 Å². The highest BCUT2D eigenvalue weighted by Crippen LogP contribution is 2.13. The Balaban J connectivity index is 2.44. The van der Waals surface area contributed by atoms with Gasteiger partial charge in [-0.15, -0.1) is 0 Å². The maximum Gasteiger partial charge on any atom is 0.147 e. The molecule has 0 saturated carbocycles. The van der Waals surface area contributed by atoms with E-state index in [9.17, 15) is 8.42 Å². The van der Waals surface area contributed by atoms with E-state index in [0.717, 1.165) is 32.2 Å². The molecule has 0 fully saturated rings. The van der Waals surface area contributed by atoms with Crippen molar-refractivity contribution in [1.82, 2.24) is 5.32 Å². The van der Waals surface area contributed by atoms with Gasteiger partial charge in [0.05, 0.1) is 0 Å². The van der Waals surface area contributed by atoms with Gasteiger partial charge in [-0.25, -0.2) is 8.42 Å². The van der Waals surface area contributed by atoms with Crippen LogP contribution in [0.1, 0.15) is 37.3 Å². The normalized spacial score (nSPS) is 13.3. The average Bonchev–Trinajstić information content (AvgIpc) is 2.36. The van der Waals surface area contributed by atoms with Crippen LogP contribution >= 0.6 is 0 Å². The van der Waals surface area contributed by atoms with E-state index < -0.39 is 9.84 Å². The van der Waals surface area contributed by atoms with Gasteiger partial charge in [-0.2, -0.15) is 0 Å². The summed E-state index contributed by atoms with van der Waals surface area (Å²) in [5, 5.41) is 3.46. The largest absolute Gasteiger partial charge is 0.314 e. The summed E-state index contributed by atoms with van der Waals surface area (Å²) < 4.78 is 22.3. The predicted octanol–water partition coefficient (Wildman–Crippen LogP) is 2.73. The molecule has 20 heavy (non-hydrogen) atoms. The van der Waals surface area contributed by atoms with Crippen LogP contribution in [-0.2, 0) is 16.3 Å². The summed E-state index contributed by atoms with van der Waals surface area (Å²) in [6.45, 7) is 5.16. The van der Waals surface area contributed by atoms with Crippen LogP contribution < -0.4 is 5.32 Å². The molecule has 1 aromatic carbocycles. The van der Waals surface area contributed by atoms with E-state index in [1.54, 1.807) is 0 Å². The third-order valence-electron chi connectivity index (χ3n) is 3.58. The highest BCUT2D eigenvalue weighted by molar-refractivity contribution is 7.90. The Hall–Kier alpha value is -0.870. The molecule has 0 amide bonds. The molecule has 0 heterocycles. The summed E-state index contributed by atoms with van der Waals surface area (Å²) in [5.41, 5.74) is 2.72. The lowest BCUT2D eigenvalue weighted by atomic mass is 9.99. The SMILES string of the molecule is CCNC(CCCS(C)(=O)=O)CCc1ccccc1C. The summed E-state index contributed by atoms with van der Waals surface area (Å²) in [5.74, 6) is 0.291. The number of aryl methyl sites for hydroxylation is 2. The quantitative estimate of drug-likeness (QED) is 0.762. The van der Waals surface area contributed by atoms with E-state index in [1.165, 1.54) is 17.4 Å². The Morgan fingerprint density at radius 1 is 1.20 bits per heavy atom. The molecule has 0 aliphatic carbocycles. The maximum atomic E-state index is 11.2. The summed E-state index contributed by atoms with van der Waals surface area (Å²) in [7, 11) is -2.84. The van der Waals surface area contributed by atoms with Crippen molar-refractivity contribution in [3.05, 3.63) is 35.4 Å². The van der Waals surface area contributed by atoms with Gasteiger partial charge in [-0.05, 0) is 50.3 Å². The molecule has 1 atom stereocenters. The maximum absolute atomic E-state index is 11.2. The van der Waals surface area contributed by atoms with E-state index in [1.807, 2.05) is 0 Å². The molecule has 0 radical (unpaired) electrons. The van der Waals surface area contributed by atoms with Gasteiger partial charge in [0.25, 0.3) is 0 Å². The minimum Gasteiger partial charge on any atom is -0.314 e. The smallest absolute Gasteiger partial charge is 0.147 e. The first-order valence-corrected chi connectivity index (χ1v) is 9.44. The monoisotopic (exact) mass is 297 g/mol. The fourth-order valence-corrected chi connectivity index (χ4v) is 3.14. The van der Waals surface area contributed by atoms with Crippen LogP contribution in [0.2, 0.25) is 0 Å². The fraction of sp³-hybridized carbons (Fsp3) is 0.625. The van der Waals surface area contributed by atoms with Gasteiger partial charge in [0.1, 0.15) is 9.84 Å². The molecule has 0 bridgehead atoms. The van der Waals surface area contributed by atoms with Gasteiger partial charge in [-0.3, -0.25) is 0 Å². The van der Waals surface area contributed by atoms with Gasteiger partial charge < -0.3 is 5.32 Å². The second-order valence-corrected chi connectivity index (χ2v) is 7.75. The summed E-state index contributed by atoms with van der Waals surface area (Å²) in [6, 6.07) is 8.86. The van der Waals surface area contributed by atoms with Crippen LogP contribution in [0, 0.1) is 6.92 Å². The molecule has 3 nitrogen and oxygen atoms in total. The van der Waals surface area contributed by atoms with Gasteiger partial charge in [0, 0.05) is 18.1 Å². The summed E-state index contributed by atoms with van der Waals surface area (Å²) >= 11 is 0. The van der Waals surface area contributed by atoms with Crippen LogP contribution in [0.5, 0.6) is 0 Å². The Kier molecular flexibility index (Phi) is 7.24. The van der Waals surface area contributed by atoms with Gasteiger partial charge in [0.2, 0.25) is 0 Å². The van der Waals surface area contributed by atoms with Crippen LogP contribution in [-0.4, -0.2) is 33.0 Å². The van der Waals surface area contributed by atoms with Crippen molar-refractivity contribution in [3.8, 4) is 0 Å². The number of hydrogen-bond acceptors (Lipinski definition) is 3. The van der Waals surface area contributed by atoms with E-state index >= 15 is 0 Å². The van der Waals surface area contributed by atoms with E-state index in [2.05, 4.69) is 43.4 Å². The minimum atomic E-state index is -2.84. The summed E-state index contributed by atoms with van der Waals surface area (Å²) in [4.78, 5) is 0. The zero-order chi connectivity index (χ0) is 15.0. The molecule has 4 heteroatoms. The zero-order valence-corrected chi connectivity index (χ0v) is 13.7. The molecule has 1 rings (SSSR count). The molecule has 1 aromatic rings. The van der Waals surface area contributed by atoms with Gasteiger partial charge in [-0.1, -0.05) is 31.2 Å². The second-order valence-electron chi connectivity index (χ2n) is 5.49. The van der Waals surface area contributed by atoms with Crippen molar-refractivity contribution in [2.24, 2.45) is 0 Å². The van der Waals surface area contributed by atoms with Crippen LogP contribution in [0.25, 0.3) is 0 Å². The first kappa shape index (κ1) is 17.2. The molecule has 0 spiro atoms. The lowest BCUT2D eigenvalue weighted by molar-refractivity contribution is 0.459. The Bertz CT molecular complexity index is 497. The third-order valence-corrected chi connectivity index (χ3v) is 4.61. The lowest BCUT2D eigenvalue weighted by Gasteiger charge is -2.18. The van der Waals surface area contributed by atoms with Crippen molar-refractivity contribution in [3.63, 3.8) is 0 Å². The molecule has 1 N–H and O–H groups in total. The highest BCUT2D eigenvalue weighted by Gasteiger charge is 2.10. The van der Waals surface area contributed by atoms with E-state index in [0.29, 0.717) is 11.8 Å². The average molecular weight is 297 g/mol. The molecule has 114 valence electrons. The zero-order valence-electron chi connectivity index (χ0n) is 12.9. The topological polar surface area (TPSA) is 46.2 Å². The predicted molar refractivity (Wildman–Crippen MR) is 85.9 cm³/mol. The summed E-state index contributed by atoms with van der Waals surface area (Å²) in [6.07, 6.45) is 5.07. The molecular formula is C16H27NO2S. The fourth-order valence-electron chi connectivity index (χ4n) is 2.45. The van der Waals surface area contributed by atoms with Gasteiger partial charge >= 0.3 is 0 Å². The second kappa shape index (κ2) is 8.42. The number of nitrogens with one attached hydrogen (secondary N) is 1. The van der Waals surface area contributed by atoms with Crippen molar-refractivity contribution in [2.75, 3.05) is 18.6 Å². The molecule has 0 aliphatic heterocycles. The van der Waals surface area contributed by atoms with Crippen molar-refractivity contribution >= 4 is 9.84 Å². The number of rotatable bonds is 9. The minimum absolute atomic E-state index is 0.291. The third kappa shape index (κ3) is 7.06. The first-order valence-electron chi connectivity index (χ1n) is 7.38. The molecule has 1 unspecified atom stereocenters. The van der Waals surface area contributed by atoms with Gasteiger partial charge in [0.15, 0.2) is 0 Å². The molecule has 0 aromatic heterocycles. The van der Waals surface area contributed by atoms with Crippen molar-refractivity contribution < 1.29 is 8.42 Å². The first-order chi connectivity index (χ1) is 9.42. The number of hydrogen-bond donors (Lipinski definition) is 1. The number of benzene rings is 1. The number of sulfone groups is 1. The highest BCUT2D eigenvalue weighted by atomic mass is 32.2. The van der Waals surface area contributed by atoms with E-state index in [4.69, 9.17) is 0 Å². The Morgan fingerprint density at radius 2 is 1.90 bits per heavy atom. The lowest BCUT2D eigenvalue weighted by Crippen LogP contribution is -2.30. The van der Waals surface area contributed by atoms with Crippen LogP contribution in [0.15, 0.2) is 24.3 Å². The Labute approximate surface area is 123 Å². The van der Waals surface area contributed by atoms with Crippen LogP contribution in [0.3, 0.4) is 0 Å². The van der Waals surface area contributed by atoms with Crippen LogP contribution in [0.4, 0.5) is 0 Å².